The van der Waals surface area contributed by atoms with Gasteiger partial charge in [-0.25, -0.2) is 9.37 Å². The number of hydrogen-bond donors (Lipinski definition) is 2. The van der Waals surface area contributed by atoms with E-state index in [-0.39, 0.29) is 5.75 Å². The van der Waals surface area contributed by atoms with Crippen molar-refractivity contribution in [2.45, 2.75) is 18.5 Å². The van der Waals surface area contributed by atoms with E-state index in [4.69, 9.17) is 10.5 Å². The van der Waals surface area contributed by atoms with Crippen molar-refractivity contribution in [1.82, 2.24) is 4.98 Å². The van der Waals surface area contributed by atoms with Crippen LogP contribution in [0.15, 0.2) is 28.7 Å². The number of thiazole rings is 1. The van der Waals surface area contributed by atoms with Crippen molar-refractivity contribution < 1.29 is 35.8 Å². The second-order valence-electron chi connectivity index (χ2n) is 4.93. The number of alkyl halides is 6. The van der Waals surface area contributed by atoms with Crippen LogP contribution in [0.1, 0.15) is 5.56 Å². The number of halogens is 6. The number of aromatic nitrogens is 1. The van der Waals surface area contributed by atoms with Gasteiger partial charge in [-0.3, -0.25) is 5.43 Å². The Morgan fingerprint density at radius 2 is 1.96 bits per heavy atom. The van der Waals surface area contributed by atoms with Crippen LogP contribution in [0.2, 0.25) is 0 Å². The third-order valence-corrected chi connectivity index (χ3v) is 3.68. The molecule has 1 aromatic heterocycles. The maximum atomic E-state index is 13.4. The number of hydrogen-bond acceptors (Lipinski definition) is 7. The van der Waals surface area contributed by atoms with Crippen LogP contribution in [0, 0.1) is 0 Å². The molecule has 1 unspecified atom stereocenters. The van der Waals surface area contributed by atoms with E-state index in [0.29, 0.717) is 16.5 Å². The molecule has 0 radical (unpaired) electrons. The van der Waals surface area contributed by atoms with E-state index in [1.165, 1.54) is 23.6 Å². The van der Waals surface area contributed by atoms with Crippen LogP contribution >= 0.6 is 11.3 Å². The Bertz CT molecular complexity index is 811. The van der Waals surface area contributed by atoms with Crippen molar-refractivity contribution in [3.63, 3.8) is 0 Å². The summed E-state index contributed by atoms with van der Waals surface area (Å²) < 4.78 is 84.9. The predicted molar refractivity (Wildman–Crippen MR) is 87.3 cm³/mol. The molecule has 2 aromatic rings. The third-order valence-electron chi connectivity index (χ3n) is 2.91. The van der Waals surface area contributed by atoms with Crippen molar-refractivity contribution in [3.05, 3.63) is 29.1 Å². The summed E-state index contributed by atoms with van der Waals surface area (Å²) >= 11 is 1.19. The molecule has 1 atom stereocenters. The molecule has 2 rings (SSSR count). The van der Waals surface area contributed by atoms with Gasteiger partial charge < -0.3 is 15.2 Å². The SMILES string of the molecule is COc1cc(C=NNc2nc(N)cs2)ccc1OC(F)(F)C(F)C(F)(F)F. The fourth-order valence-electron chi connectivity index (χ4n) is 1.74. The lowest BCUT2D eigenvalue weighted by atomic mass is 10.2. The summed E-state index contributed by atoms with van der Waals surface area (Å²) in [5.74, 6) is -0.814. The van der Waals surface area contributed by atoms with Crippen LogP contribution in [0.4, 0.5) is 37.3 Å². The minimum Gasteiger partial charge on any atom is -0.493 e. The van der Waals surface area contributed by atoms with Gasteiger partial charge in [0.15, 0.2) is 11.5 Å². The standard InChI is InChI=1S/C14H12F6N4O2S/c1-25-9-4-7(5-22-24-12-23-10(21)6-27-12)2-3-8(9)26-14(19,20)11(15)13(16,17)18/h2-6,11H,21H2,1H3,(H,23,24). The van der Waals surface area contributed by atoms with Crippen LogP contribution in [0.25, 0.3) is 0 Å². The minimum atomic E-state index is -5.78. The summed E-state index contributed by atoms with van der Waals surface area (Å²) in [7, 11) is 1.08. The molecule has 1 aromatic carbocycles. The van der Waals surface area contributed by atoms with Gasteiger partial charge in [0, 0.05) is 5.38 Å². The molecule has 0 spiro atoms. The molecule has 1 heterocycles. The van der Waals surface area contributed by atoms with Crippen LogP contribution in [-0.4, -0.2) is 36.8 Å². The average molecular weight is 414 g/mol. The number of ether oxygens (including phenoxy) is 2. The first kappa shape index (κ1) is 20.6. The number of anilines is 2. The summed E-state index contributed by atoms with van der Waals surface area (Å²) in [6, 6.07) is 3.27. The summed E-state index contributed by atoms with van der Waals surface area (Å²) in [5.41, 5.74) is 8.33. The van der Waals surface area contributed by atoms with E-state index in [1.54, 1.807) is 5.38 Å². The van der Waals surface area contributed by atoms with E-state index in [2.05, 4.69) is 20.2 Å². The van der Waals surface area contributed by atoms with Crippen molar-refractivity contribution >= 4 is 28.5 Å². The van der Waals surface area contributed by atoms with Gasteiger partial charge in [0.1, 0.15) is 5.82 Å². The lowest BCUT2D eigenvalue weighted by molar-refractivity contribution is -0.305. The van der Waals surface area contributed by atoms with Crippen molar-refractivity contribution in [3.8, 4) is 11.5 Å². The topological polar surface area (TPSA) is 81.8 Å². The minimum absolute atomic E-state index is 0.298. The highest BCUT2D eigenvalue weighted by atomic mass is 32.1. The molecular formula is C14H12F6N4O2S. The number of hydrazone groups is 1. The second-order valence-corrected chi connectivity index (χ2v) is 5.78. The Morgan fingerprint density at radius 1 is 1.26 bits per heavy atom. The quantitative estimate of drug-likeness (QED) is 0.406. The second kappa shape index (κ2) is 7.90. The summed E-state index contributed by atoms with van der Waals surface area (Å²) in [6.07, 6.45) is -14.1. The van der Waals surface area contributed by atoms with E-state index in [1.807, 2.05) is 0 Å². The smallest absolute Gasteiger partial charge is 0.439 e. The normalized spacial score (nSPS) is 13.6. The number of rotatable bonds is 7. The molecule has 13 heteroatoms. The van der Waals surface area contributed by atoms with Crippen LogP contribution in [-0.2, 0) is 0 Å². The summed E-state index contributed by atoms with van der Waals surface area (Å²) in [6.45, 7) is 0. The Labute approximate surface area is 152 Å². The number of nitrogens with one attached hydrogen (secondary N) is 1. The predicted octanol–water partition coefficient (Wildman–Crippen LogP) is 4.05. The van der Waals surface area contributed by atoms with Gasteiger partial charge in [0.05, 0.1) is 13.3 Å². The van der Waals surface area contributed by atoms with Gasteiger partial charge >= 0.3 is 12.3 Å². The molecule has 27 heavy (non-hydrogen) atoms. The molecule has 0 saturated carbocycles. The van der Waals surface area contributed by atoms with Gasteiger partial charge in [-0.05, 0) is 23.8 Å². The fraction of sp³-hybridized carbons (Fsp3) is 0.286. The van der Waals surface area contributed by atoms with E-state index in [0.717, 1.165) is 19.2 Å². The van der Waals surface area contributed by atoms with Crippen molar-refractivity contribution in [1.29, 1.82) is 0 Å². The molecule has 6 nitrogen and oxygen atoms in total. The number of nitrogen functional groups attached to an aromatic ring is 1. The van der Waals surface area contributed by atoms with E-state index >= 15 is 0 Å². The first-order valence-corrected chi connectivity index (χ1v) is 7.86. The first-order valence-electron chi connectivity index (χ1n) is 6.98. The van der Waals surface area contributed by atoms with Crippen LogP contribution in [0.3, 0.4) is 0 Å². The number of methoxy groups -OCH3 is 1. The number of nitrogens with two attached hydrogens (primary N) is 1. The Kier molecular flexibility index (Phi) is 6.03. The maximum Gasteiger partial charge on any atom is 0.439 e. The Morgan fingerprint density at radius 3 is 2.52 bits per heavy atom. The van der Waals surface area contributed by atoms with Gasteiger partial charge in [-0.15, -0.1) is 11.3 Å². The number of nitrogens with zero attached hydrogens (tertiary/aromatic N) is 2. The molecule has 0 saturated heterocycles. The highest BCUT2D eigenvalue weighted by molar-refractivity contribution is 7.14. The largest absolute Gasteiger partial charge is 0.493 e. The van der Waals surface area contributed by atoms with Gasteiger partial charge in [-0.1, -0.05) is 0 Å². The highest BCUT2D eigenvalue weighted by Gasteiger charge is 2.59. The monoisotopic (exact) mass is 414 g/mol. The lowest BCUT2D eigenvalue weighted by Crippen LogP contribution is -2.45. The van der Waals surface area contributed by atoms with E-state index < -0.39 is 24.2 Å². The van der Waals surface area contributed by atoms with Crippen molar-refractivity contribution in [2.75, 3.05) is 18.3 Å². The molecule has 0 aliphatic heterocycles. The highest BCUT2D eigenvalue weighted by Crippen LogP contribution is 2.39. The van der Waals surface area contributed by atoms with Crippen LogP contribution < -0.4 is 20.6 Å². The Balaban J connectivity index is 2.13. The zero-order valence-corrected chi connectivity index (χ0v) is 14.2. The van der Waals surface area contributed by atoms with Gasteiger partial charge in [0.2, 0.25) is 5.13 Å². The molecule has 0 aliphatic carbocycles. The number of benzene rings is 1. The average Bonchev–Trinajstić information content (AvgIpc) is 2.99. The third kappa shape index (κ3) is 5.39. The van der Waals surface area contributed by atoms with Crippen LogP contribution in [0.5, 0.6) is 11.5 Å². The van der Waals surface area contributed by atoms with Gasteiger partial charge in [0.25, 0.3) is 6.17 Å². The molecule has 3 N–H and O–H groups in total. The fourth-order valence-corrected chi connectivity index (χ4v) is 2.29. The van der Waals surface area contributed by atoms with Crippen molar-refractivity contribution in [2.24, 2.45) is 5.10 Å². The zero-order chi connectivity index (χ0) is 20.2. The molecular weight excluding hydrogens is 402 g/mol. The summed E-state index contributed by atoms with van der Waals surface area (Å²) in [4.78, 5) is 3.88. The van der Waals surface area contributed by atoms with Gasteiger partial charge in [-0.2, -0.15) is 27.1 Å². The molecule has 148 valence electrons. The maximum absolute atomic E-state index is 13.4. The molecule has 0 aliphatic rings. The lowest BCUT2D eigenvalue weighted by Gasteiger charge is -2.24. The Hall–Kier alpha value is -2.70. The first-order chi connectivity index (χ1) is 12.5. The molecule has 0 fully saturated rings. The summed E-state index contributed by atoms with van der Waals surface area (Å²) in [5, 5.41) is 5.80. The van der Waals surface area contributed by atoms with E-state index in [9.17, 15) is 26.3 Å². The molecule has 0 amide bonds. The zero-order valence-electron chi connectivity index (χ0n) is 13.4. The molecule has 0 bridgehead atoms.